The fraction of sp³-hybridized carbons (Fsp3) is 0.565. The molecule has 1 unspecified atom stereocenters. The number of hydrogen-bond acceptors (Lipinski definition) is 4. The fourth-order valence-corrected chi connectivity index (χ4v) is 4.78. The second kappa shape index (κ2) is 8.00. The van der Waals surface area contributed by atoms with Crippen molar-refractivity contribution < 1.29 is 9.53 Å². The Kier molecular flexibility index (Phi) is 5.70. The first-order chi connectivity index (χ1) is 14.2. The van der Waals surface area contributed by atoms with Gasteiger partial charge in [0.05, 0.1) is 25.0 Å². The summed E-state index contributed by atoms with van der Waals surface area (Å²) >= 11 is 3.53. The first-order valence-electron chi connectivity index (χ1n) is 10.6. The van der Waals surface area contributed by atoms with Crippen LogP contribution in [0.5, 0.6) is 0 Å². The third kappa shape index (κ3) is 4.42. The first-order valence-corrected chi connectivity index (χ1v) is 11.4. The zero-order chi connectivity index (χ0) is 21.5. The van der Waals surface area contributed by atoms with Crippen LogP contribution in [-0.2, 0) is 24.2 Å². The molecular formula is C23H31BrN4O2. The monoisotopic (exact) mass is 474 g/mol. The van der Waals surface area contributed by atoms with Gasteiger partial charge in [0.1, 0.15) is 5.60 Å². The Morgan fingerprint density at radius 3 is 2.57 bits per heavy atom. The van der Waals surface area contributed by atoms with E-state index in [1.54, 1.807) is 4.90 Å². The number of halogens is 1. The van der Waals surface area contributed by atoms with Crippen LogP contribution in [0.4, 0.5) is 4.79 Å². The maximum Gasteiger partial charge on any atom is 0.410 e. The van der Waals surface area contributed by atoms with Gasteiger partial charge < -0.3 is 15.0 Å². The van der Waals surface area contributed by atoms with E-state index >= 15 is 0 Å². The van der Waals surface area contributed by atoms with Gasteiger partial charge >= 0.3 is 6.09 Å². The third-order valence-electron chi connectivity index (χ3n) is 6.13. The van der Waals surface area contributed by atoms with E-state index in [0.717, 1.165) is 16.6 Å². The third-order valence-corrected chi connectivity index (χ3v) is 6.66. The topological polar surface area (TPSA) is 59.4 Å². The summed E-state index contributed by atoms with van der Waals surface area (Å²) in [6.45, 7) is 7.57. The van der Waals surface area contributed by atoms with Crippen LogP contribution in [-0.4, -0.2) is 40.0 Å². The number of benzene rings is 1. The molecule has 7 heteroatoms. The van der Waals surface area contributed by atoms with Gasteiger partial charge in [-0.3, -0.25) is 4.68 Å². The summed E-state index contributed by atoms with van der Waals surface area (Å²) in [5, 5.41) is 8.22. The lowest BCUT2D eigenvalue weighted by molar-refractivity contribution is 0.0193. The number of nitrogens with zero attached hydrogens (tertiary/aromatic N) is 3. The summed E-state index contributed by atoms with van der Waals surface area (Å²) < 4.78 is 8.76. The summed E-state index contributed by atoms with van der Waals surface area (Å²) in [5.74, 6) is 0. The lowest BCUT2D eigenvalue weighted by atomic mass is 9.84. The minimum absolute atomic E-state index is 0.196. The average molecular weight is 475 g/mol. The van der Waals surface area contributed by atoms with Crippen molar-refractivity contribution in [3.8, 4) is 0 Å². The molecule has 0 saturated heterocycles. The molecule has 30 heavy (non-hydrogen) atoms. The van der Waals surface area contributed by atoms with E-state index < -0.39 is 5.60 Å². The number of fused-ring (bicyclic) bond motifs is 1. The number of carbonyl (C=O) groups is 1. The Hall–Kier alpha value is -1.86. The van der Waals surface area contributed by atoms with E-state index in [0.29, 0.717) is 19.6 Å². The van der Waals surface area contributed by atoms with Crippen LogP contribution in [0.2, 0.25) is 0 Å². The van der Waals surface area contributed by atoms with Gasteiger partial charge in [0.15, 0.2) is 0 Å². The molecule has 162 valence electrons. The molecule has 6 nitrogen and oxygen atoms in total. The van der Waals surface area contributed by atoms with Crippen LogP contribution >= 0.6 is 15.9 Å². The van der Waals surface area contributed by atoms with Crippen molar-refractivity contribution in [3.63, 3.8) is 0 Å². The van der Waals surface area contributed by atoms with Crippen molar-refractivity contribution in [2.75, 3.05) is 13.6 Å². The number of rotatable bonds is 5. The Labute approximate surface area is 187 Å². The lowest BCUT2D eigenvalue weighted by Gasteiger charge is -2.33. The van der Waals surface area contributed by atoms with Gasteiger partial charge in [0, 0.05) is 22.6 Å². The van der Waals surface area contributed by atoms with Gasteiger partial charge in [-0.2, -0.15) is 5.10 Å². The van der Waals surface area contributed by atoms with Crippen molar-refractivity contribution in [1.29, 1.82) is 0 Å². The number of nitrogens with one attached hydrogen (secondary N) is 1. The molecule has 2 aliphatic rings. The lowest BCUT2D eigenvalue weighted by Crippen LogP contribution is -2.42. The molecule has 1 fully saturated rings. The van der Waals surface area contributed by atoms with Crippen molar-refractivity contribution in [2.45, 2.75) is 64.8 Å². The molecule has 0 spiro atoms. The van der Waals surface area contributed by atoms with Crippen molar-refractivity contribution in [2.24, 2.45) is 5.41 Å². The number of aromatic nitrogens is 2. The molecule has 0 radical (unpaired) electrons. The van der Waals surface area contributed by atoms with Crippen LogP contribution in [0.3, 0.4) is 0 Å². The second-order valence-corrected chi connectivity index (χ2v) is 10.5. The largest absolute Gasteiger partial charge is 0.444 e. The summed E-state index contributed by atoms with van der Waals surface area (Å²) in [6, 6.07) is 8.84. The molecule has 1 saturated carbocycles. The zero-order valence-electron chi connectivity index (χ0n) is 18.2. The Morgan fingerprint density at radius 1 is 1.27 bits per heavy atom. The Bertz CT molecular complexity index is 912. The van der Waals surface area contributed by atoms with Crippen LogP contribution < -0.4 is 5.32 Å². The summed E-state index contributed by atoms with van der Waals surface area (Å²) in [4.78, 5) is 14.4. The highest BCUT2D eigenvalue weighted by Crippen LogP contribution is 2.57. The summed E-state index contributed by atoms with van der Waals surface area (Å²) in [6.07, 6.45) is 5.16. The molecular weight excluding hydrogens is 444 g/mol. The quantitative estimate of drug-likeness (QED) is 0.683. The van der Waals surface area contributed by atoms with Gasteiger partial charge in [0.2, 0.25) is 0 Å². The van der Waals surface area contributed by atoms with Crippen molar-refractivity contribution in [3.05, 3.63) is 51.8 Å². The molecule has 1 atom stereocenters. The number of carbonyl (C=O) groups excluding carboxylic acids is 1. The number of hydrogen-bond donors (Lipinski definition) is 1. The molecule has 4 rings (SSSR count). The van der Waals surface area contributed by atoms with Crippen LogP contribution in [0.1, 0.15) is 56.5 Å². The molecule has 2 heterocycles. The second-order valence-electron chi connectivity index (χ2n) is 9.56. The molecule has 1 aliphatic heterocycles. The highest BCUT2D eigenvalue weighted by molar-refractivity contribution is 9.10. The number of ether oxygens (including phenoxy) is 1. The van der Waals surface area contributed by atoms with Gasteiger partial charge in [-0.25, -0.2) is 4.79 Å². The maximum absolute atomic E-state index is 12.6. The van der Waals surface area contributed by atoms with E-state index in [4.69, 9.17) is 4.74 Å². The molecule has 1 N–H and O–H groups in total. The van der Waals surface area contributed by atoms with E-state index in [1.807, 2.05) is 34.0 Å². The summed E-state index contributed by atoms with van der Waals surface area (Å²) in [5.41, 5.74) is 3.39. The van der Waals surface area contributed by atoms with Crippen LogP contribution in [0.15, 0.2) is 34.9 Å². The van der Waals surface area contributed by atoms with Gasteiger partial charge in [-0.15, -0.1) is 0 Å². The zero-order valence-corrected chi connectivity index (χ0v) is 19.8. The predicted molar refractivity (Wildman–Crippen MR) is 120 cm³/mol. The SMILES string of the molecule is CNC(c1cnn2c1CN(C(=O)OC(C)(C)C)CC2)C1(Cc2ccc(Br)cc2)CC1. The molecule has 1 aromatic carbocycles. The first kappa shape index (κ1) is 21.4. The van der Waals surface area contributed by atoms with Gasteiger partial charge in [-0.05, 0) is 70.2 Å². The van der Waals surface area contributed by atoms with E-state index in [1.165, 1.54) is 24.0 Å². The van der Waals surface area contributed by atoms with Crippen LogP contribution in [0.25, 0.3) is 0 Å². The van der Waals surface area contributed by atoms with E-state index in [-0.39, 0.29) is 17.6 Å². The van der Waals surface area contributed by atoms with Crippen LogP contribution in [0, 0.1) is 5.41 Å². The number of amides is 1. The smallest absolute Gasteiger partial charge is 0.410 e. The minimum Gasteiger partial charge on any atom is -0.444 e. The Morgan fingerprint density at radius 2 is 1.97 bits per heavy atom. The molecule has 0 bridgehead atoms. The van der Waals surface area contributed by atoms with Gasteiger partial charge in [0.25, 0.3) is 0 Å². The van der Waals surface area contributed by atoms with E-state index in [9.17, 15) is 4.79 Å². The highest BCUT2D eigenvalue weighted by Gasteiger charge is 2.50. The molecule has 1 amide bonds. The molecule has 1 aromatic heterocycles. The normalized spacial score (nSPS) is 18.6. The standard InChI is InChI=1S/C23H31BrN4O2/c1-22(2,3)30-21(29)27-11-12-28-19(15-27)18(14-26-28)20(25-4)23(9-10-23)13-16-5-7-17(24)8-6-16/h5-8,14,20,25H,9-13,15H2,1-4H3. The fourth-order valence-electron chi connectivity index (χ4n) is 4.52. The van der Waals surface area contributed by atoms with E-state index in [2.05, 4.69) is 55.3 Å². The predicted octanol–water partition coefficient (Wildman–Crippen LogP) is 4.68. The van der Waals surface area contributed by atoms with Crippen molar-refractivity contribution in [1.82, 2.24) is 20.0 Å². The maximum atomic E-state index is 12.6. The molecule has 2 aromatic rings. The van der Waals surface area contributed by atoms with Gasteiger partial charge in [-0.1, -0.05) is 28.1 Å². The Balaban J connectivity index is 1.55. The van der Waals surface area contributed by atoms with Crippen molar-refractivity contribution >= 4 is 22.0 Å². The highest BCUT2D eigenvalue weighted by atomic mass is 79.9. The summed E-state index contributed by atoms with van der Waals surface area (Å²) in [7, 11) is 2.03. The molecule has 1 aliphatic carbocycles. The average Bonchev–Trinajstić information content (AvgIpc) is 3.33. The minimum atomic E-state index is -0.492.